The van der Waals surface area contributed by atoms with E-state index in [0.717, 1.165) is 17.3 Å². The van der Waals surface area contributed by atoms with Gasteiger partial charge in [-0.1, -0.05) is 0 Å². The molecule has 1 aliphatic heterocycles. The van der Waals surface area contributed by atoms with Crippen LogP contribution < -0.4 is 10.7 Å². The van der Waals surface area contributed by atoms with Gasteiger partial charge in [-0.05, 0) is 18.2 Å². The minimum absolute atomic E-state index is 0.0883. The van der Waals surface area contributed by atoms with E-state index in [-0.39, 0.29) is 29.3 Å². The van der Waals surface area contributed by atoms with Crippen molar-refractivity contribution in [1.29, 1.82) is 10.7 Å². The van der Waals surface area contributed by atoms with E-state index in [1.165, 1.54) is 18.2 Å². The summed E-state index contributed by atoms with van der Waals surface area (Å²) in [4.78, 5) is 21.1. The Morgan fingerprint density at radius 3 is 2.68 bits per heavy atom. The van der Waals surface area contributed by atoms with E-state index in [1.54, 1.807) is 0 Å². The van der Waals surface area contributed by atoms with Crippen molar-refractivity contribution >= 4 is 30.0 Å². The van der Waals surface area contributed by atoms with Crippen molar-refractivity contribution in [2.75, 3.05) is 23.8 Å². The van der Waals surface area contributed by atoms with Crippen LogP contribution in [0.4, 0.5) is 33.6 Å². The molecule has 0 unspecified atom stereocenters. The summed E-state index contributed by atoms with van der Waals surface area (Å²) in [5.74, 6) is -4.41. The number of benzene rings is 1. The second-order valence-corrected chi connectivity index (χ2v) is 7.13. The Balaban J connectivity index is 1.83. The highest BCUT2D eigenvalue weighted by molar-refractivity contribution is 6.14. The number of carbonyl (C=O) groups excluding carboxylic acids is 1. The number of alkyl halides is 5. The van der Waals surface area contributed by atoms with Crippen molar-refractivity contribution < 1.29 is 26.7 Å². The van der Waals surface area contributed by atoms with Gasteiger partial charge in [0.15, 0.2) is 0 Å². The molecule has 1 aromatic carbocycles. The Hall–Kier alpha value is -4.15. The Morgan fingerprint density at radius 1 is 1.35 bits per heavy atom. The molecule has 0 saturated carbocycles. The number of halogens is 5. The molecule has 1 aliphatic rings. The SMILES string of the molecule is N#Cc1ccc(N/N=C\C=N)c(C(=O)N2CCC(F)(F)[C@H]2CNc2ncc(C(F)(F)F)cn2)c1. The first-order chi connectivity index (χ1) is 16.1. The Morgan fingerprint density at radius 2 is 2.06 bits per heavy atom. The van der Waals surface area contributed by atoms with E-state index in [4.69, 9.17) is 10.7 Å². The monoisotopic (exact) mass is 480 g/mol. The topological polar surface area (TPSA) is 130 Å². The van der Waals surface area contributed by atoms with Gasteiger partial charge in [0, 0.05) is 38.1 Å². The number of nitrogens with zero attached hydrogens (tertiary/aromatic N) is 5. The third-order valence-corrected chi connectivity index (χ3v) is 4.96. The van der Waals surface area contributed by atoms with Crippen LogP contribution >= 0.6 is 0 Å². The lowest BCUT2D eigenvalue weighted by Crippen LogP contribution is -2.47. The van der Waals surface area contributed by atoms with Gasteiger partial charge >= 0.3 is 6.18 Å². The Bertz CT molecular complexity index is 1130. The fraction of sp³-hybridized carbons (Fsp3) is 0.300. The highest BCUT2D eigenvalue weighted by Crippen LogP contribution is 2.36. The van der Waals surface area contributed by atoms with Crippen LogP contribution in [-0.4, -0.2) is 58.3 Å². The van der Waals surface area contributed by atoms with Crippen molar-refractivity contribution in [2.24, 2.45) is 5.10 Å². The van der Waals surface area contributed by atoms with E-state index in [0.29, 0.717) is 12.4 Å². The molecule has 1 aromatic heterocycles. The quantitative estimate of drug-likeness (QED) is 0.317. The lowest BCUT2D eigenvalue weighted by atomic mass is 10.1. The number of amides is 1. The summed E-state index contributed by atoms with van der Waals surface area (Å²) in [5, 5.41) is 22.3. The van der Waals surface area contributed by atoms with Gasteiger partial charge in [0.2, 0.25) is 5.95 Å². The molecule has 0 spiro atoms. The van der Waals surface area contributed by atoms with Crippen molar-refractivity contribution in [3.05, 3.63) is 47.3 Å². The zero-order valence-corrected chi connectivity index (χ0v) is 17.3. The average molecular weight is 480 g/mol. The van der Waals surface area contributed by atoms with Gasteiger partial charge in [-0.25, -0.2) is 18.7 Å². The maximum Gasteiger partial charge on any atom is 0.419 e. The van der Waals surface area contributed by atoms with Crippen LogP contribution in [0.5, 0.6) is 0 Å². The number of likely N-dealkylation sites (tertiary alicyclic amines) is 1. The first kappa shape index (κ1) is 24.5. The highest BCUT2D eigenvalue weighted by Gasteiger charge is 2.51. The molecule has 9 nitrogen and oxygen atoms in total. The fourth-order valence-electron chi connectivity index (χ4n) is 3.26. The van der Waals surface area contributed by atoms with Crippen LogP contribution in [0.25, 0.3) is 0 Å². The van der Waals surface area contributed by atoms with Crippen molar-refractivity contribution in [3.8, 4) is 6.07 Å². The Labute approximate surface area is 189 Å². The predicted molar refractivity (Wildman–Crippen MR) is 112 cm³/mol. The molecule has 0 bridgehead atoms. The van der Waals surface area contributed by atoms with Gasteiger partial charge < -0.3 is 15.6 Å². The van der Waals surface area contributed by atoms with E-state index >= 15 is 0 Å². The van der Waals surface area contributed by atoms with Gasteiger partial charge in [0.1, 0.15) is 6.04 Å². The first-order valence-electron chi connectivity index (χ1n) is 9.71. The van der Waals surface area contributed by atoms with Gasteiger partial charge in [-0.15, -0.1) is 0 Å². The standard InChI is InChI=1S/C20H17F5N8O/c21-19(22)3-6-33(16(19)11-30-18-28-9-13(10-29-18)20(23,24)25)17(34)14-7-12(8-27)1-2-15(14)32-31-5-4-26/h1-2,4-5,7,9-10,16,26,32H,3,6,11H2,(H,28,29,30)/b26-4?,31-5-/t16-/m1/s1. The van der Waals surface area contributed by atoms with Crippen LogP contribution in [0.1, 0.15) is 27.9 Å². The lowest BCUT2D eigenvalue weighted by molar-refractivity contribution is -0.138. The van der Waals surface area contributed by atoms with Crippen LogP contribution in [0.3, 0.4) is 0 Å². The molecule has 14 heteroatoms. The molecule has 0 radical (unpaired) electrons. The second-order valence-electron chi connectivity index (χ2n) is 7.13. The van der Waals surface area contributed by atoms with Gasteiger partial charge in [-0.2, -0.15) is 23.5 Å². The second kappa shape index (κ2) is 9.77. The Kier molecular flexibility index (Phi) is 7.04. The third-order valence-electron chi connectivity index (χ3n) is 4.96. The number of hydrogen-bond donors (Lipinski definition) is 3. The molecular weight excluding hydrogens is 463 g/mol. The zero-order valence-electron chi connectivity index (χ0n) is 17.3. The zero-order chi connectivity index (χ0) is 24.9. The normalized spacial score (nSPS) is 17.4. The molecule has 1 atom stereocenters. The number of anilines is 2. The van der Waals surface area contributed by atoms with Crippen molar-refractivity contribution in [3.63, 3.8) is 0 Å². The summed E-state index contributed by atoms with van der Waals surface area (Å²) in [6.07, 6.45) is -2.27. The maximum absolute atomic E-state index is 14.6. The number of rotatable bonds is 7. The molecular formula is C20H17F5N8O. The van der Waals surface area contributed by atoms with Crippen LogP contribution in [0.15, 0.2) is 35.7 Å². The van der Waals surface area contributed by atoms with Gasteiger partial charge in [-0.3, -0.25) is 10.2 Å². The number of nitrogens with one attached hydrogen (secondary N) is 3. The van der Waals surface area contributed by atoms with E-state index in [1.807, 2.05) is 6.07 Å². The van der Waals surface area contributed by atoms with Gasteiger partial charge in [0.05, 0.1) is 34.7 Å². The molecule has 2 heterocycles. The van der Waals surface area contributed by atoms with Crippen molar-refractivity contribution in [1.82, 2.24) is 14.9 Å². The highest BCUT2D eigenvalue weighted by atomic mass is 19.4. The fourth-order valence-corrected chi connectivity index (χ4v) is 3.26. The smallest absolute Gasteiger partial charge is 0.352 e. The minimum Gasteiger partial charge on any atom is -0.352 e. The number of aromatic nitrogens is 2. The van der Waals surface area contributed by atoms with Crippen LogP contribution in [-0.2, 0) is 6.18 Å². The number of carbonyl (C=O) groups is 1. The third kappa shape index (κ3) is 5.42. The summed E-state index contributed by atoms with van der Waals surface area (Å²) in [5.41, 5.74) is 1.59. The number of hydrazone groups is 1. The molecule has 1 fully saturated rings. The van der Waals surface area contributed by atoms with Crippen molar-refractivity contribution in [2.45, 2.75) is 24.6 Å². The number of nitriles is 1. The molecule has 0 aliphatic carbocycles. The van der Waals surface area contributed by atoms with Gasteiger partial charge in [0.25, 0.3) is 11.8 Å². The molecule has 1 amide bonds. The lowest BCUT2D eigenvalue weighted by Gasteiger charge is -2.28. The molecule has 2 aromatic rings. The molecule has 3 N–H and O–H groups in total. The average Bonchev–Trinajstić information content (AvgIpc) is 3.11. The summed E-state index contributed by atoms with van der Waals surface area (Å²) in [6, 6.07) is 4.22. The summed E-state index contributed by atoms with van der Waals surface area (Å²) < 4.78 is 67.2. The van der Waals surface area contributed by atoms with E-state index in [9.17, 15) is 26.7 Å². The van der Waals surface area contributed by atoms with E-state index in [2.05, 4.69) is 25.8 Å². The summed E-state index contributed by atoms with van der Waals surface area (Å²) in [7, 11) is 0. The minimum atomic E-state index is -4.65. The first-order valence-corrected chi connectivity index (χ1v) is 9.71. The number of hydrogen-bond acceptors (Lipinski definition) is 8. The largest absolute Gasteiger partial charge is 0.419 e. The molecule has 3 rings (SSSR count). The van der Waals surface area contributed by atoms with Crippen LogP contribution in [0.2, 0.25) is 0 Å². The van der Waals surface area contributed by atoms with E-state index < -0.39 is 42.6 Å². The summed E-state index contributed by atoms with van der Waals surface area (Å²) >= 11 is 0. The molecule has 1 saturated heterocycles. The summed E-state index contributed by atoms with van der Waals surface area (Å²) in [6.45, 7) is -0.831. The predicted octanol–water partition coefficient (Wildman–Crippen LogP) is 3.38. The maximum atomic E-state index is 14.6. The molecule has 34 heavy (non-hydrogen) atoms. The molecule has 178 valence electrons. The van der Waals surface area contributed by atoms with Crippen LogP contribution in [0, 0.1) is 16.7 Å².